The first kappa shape index (κ1) is 16.7. The predicted molar refractivity (Wildman–Crippen MR) is 86.9 cm³/mol. The molecule has 0 atom stereocenters. The Hall–Kier alpha value is -2.69. The van der Waals surface area contributed by atoms with Gasteiger partial charge in [0.1, 0.15) is 36.0 Å². The maximum Gasteiger partial charge on any atom is 0.339 e. The molecule has 0 saturated carbocycles. The first-order chi connectivity index (χ1) is 11.0. The third-order valence-corrected chi connectivity index (χ3v) is 3.22. The number of hydrogen-bond acceptors (Lipinski definition) is 4. The molecule has 0 aromatic heterocycles. The maximum absolute atomic E-state index is 11.2. The van der Waals surface area contributed by atoms with Crippen molar-refractivity contribution < 1.29 is 24.1 Å². The van der Waals surface area contributed by atoms with E-state index in [0.29, 0.717) is 12.4 Å². The lowest BCUT2D eigenvalue weighted by atomic mass is 10.1. The summed E-state index contributed by atoms with van der Waals surface area (Å²) < 4.78 is 16.3. The van der Waals surface area contributed by atoms with Gasteiger partial charge in [-0.15, -0.1) is 0 Å². The fraction of sp³-hybridized carbons (Fsp3) is 0.278. The summed E-state index contributed by atoms with van der Waals surface area (Å²) in [6.45, 7) is 4.57. The summed E-state index contributed by atoms with van der Waals surface area (Å²) >= 11 is 0. The standard InChI is InChI=1S/C18H20O5/c1-12-8-13(2)10-15(9-12)22-6-7-23-17-11-14(21-3)4-5-16(17)18(19)20/h4-5,8-11H,6-7H2,1-3H3,(H,19,20). The second-order valence-electron chi connectivity index (χ2n) is 5.19. The molecule has 0 radical (unpaired) electrons. The topological polar surface area (TPSA) is 65.0 Å². The lowest BCUT2D eigenvalue weighted by Gasteiger charge is -2.12. The molecular formula is C18H20O5. The van der Waals surface area contributed by atoms with Crippen LogP contribution in [0.1, 0.15) is 21.5 Å². The zero-order valence-electron chi connectivity index (χ0n) is 13.5. The number of rotatable bonds is 7. The van der Waals surface area contributed by atoms with E-state index in [2.05, 4.69) is 6.07 Å². The van der Waals surface area contributed by atoms with Crippen LogP contribution < -0.4 is 14.2 Å². The SMILES string of the molecule is COc1ccc(C(=O)O)c(OCCOc2cc(C)cc(C)c2)c1. The molecule has 0 bridgehead atoms. The monoisotopic (exact) mass is 316 g/mol. The highest BCUT2D eigenvalue weighted by Crippen LogP contribution is 2.25. The Kier molecular flexibility index (Phi) is 5.46. The van der Waals surface area contributed by atoms with Crippen molar-refractivity contribution in [1.82, 2.24) is 0 Å². The molecule has 0 saturated heterocycles. The average molecular weight is 316 g/mol. The minimum atomic E-state index is -1.04. The zero-order chi connectivity index (χ0) is 16.8. The molecular weight excluding hydrogens is 296 g/mol. The summed E-state index contributed by atoms with van der Waals surface area (Å²) in [5.74, 6) is 0.536. The number of carbonyl (C=O) groups is 1. The van der Waals surface area contributed by atoms with E-state index in [9.17, 15) is 9.90 Å². The fourth-order valence-electron chi connectivity index (χ4n) is 2.25. The summed E-state index contributed by atoms with van der Waals surface area (Å²) in [6.07, 6.45) is 0. The molecule has 2 aromatic rings. The Morgan fingerprint density at radius 1 is 0.957 bits per heavy atom. The van der Waals surface area contributed by atoms with E-state index < -0.39 is 5.97 Å². The lowest BCUT2D eigenvalue weighted by Crippen LogP contribution is -2.11. The third kappa shape index (κ3) is 4.64. The predicted octanol–water partition coefficient (Wildman–Crippen LogP) is 3.47. The normalized spacial score (nSPS) is 10.2. The molecule has 2 aromatic carbocycles. The maximum atomic E-state index is 11.2. The second-order valence-corrected chi connectivity index (χ2v) is 5.19. The first-order valence-electron chi connectivity index (χ1n) is 7.25. The van der Waals surface area contributed by atoms with E-state index in [-0.39, 0.29) is 17.9 Å². The number of methoxy groups -OCH3 is 1. The van der Waals surface area contributed by atoms with Gasteiger partial charge in [-0.1, -0.05) is 6.07 Å². The van der Waals surface area contributed by atoms with Gasteiger partial charge in [-0.2, -0.15) is 0 Å². The number of carboxylic acids is 1. The number of benzene rings is 2. The van der Waals surface area contributed by atoms with Crippen LogP contribution in [0.15, 0.2) is 36.4 Å². The molecule has 0 aliphatic heterocycles. The van der Waals surface area contributed by atoms with E-state index in [1.807, 2.05) is 26.0 Å². The van der Waals surface area contributed by atoms with Gasteiger partial charge in [0, 0.05) is 6.07 Å². The molecule has 0 spiro atoms. The largest absolute Gasteiger partial charge is 0.497 e. The third-order valence-electron chi connectivity index (χ3n) is 3.22. The van der Waals surface area contributed by atoms with Gasteiger partial charge in [0.25, 0.3) is 0 Å². The summed E-state index contributed by atoms with van der Waals surface area (Å²) in [4.78, 5) is 11.2. The molecule has 0 amide bonds. The van der Waals surface area contributed by atoms with Crippen LogP contribution in [0.25, 0.3) is 0 Å². The van der Waals surface area contributed by atoms with Gasteiger partial charge in [-0.05, 0) is 49.2 Å². The van der Waals surface area contributed by atoms with Crippen LogP contribution in [0.5, 0.6) is 17.2 Å². The van der Waals surface area contributed by atoms with Crippen molar-refractivity contribution in [3.05, 3.63) is 53.1 Å². The lowest BCUT2D eigenvalue weighted by molar-refractivity contribution is 0.0691. The van der Waals surface area contributed by atoms with Gasteiger partial charge in [0.15, 0.2) is 0 Å². The number of carboxylic acid groups (broad SMARTS) is 1. The number of aromatic carboxylic acids is 1. The van der Waals surface area contributed by atoms with E-state index in [0.717, 1.165) is 16.9 Å². The number of ether oxygens (including phenoxy) is 3. The smallest absolute Gasteiger partial charge is 0.339 e. The first-order valence-corrected chi connectivity index (χ1v) is 7.25. The van der Waals surface area contributed by atoms with Crippen LogP contribution in [0.2, 0.25) is 0 Å². The van der Waals surface area contributed by atoms with Crippen LogP contribution in [0, 0.1) is 13.8 Å². The van der Waals surface area contributed by atoms with Crippen molar-refractivity contribution in [3.63, 3.8) is 0 Å². The molecule has 0 fully saturated rings. The molecule has 122 valence electrons. The summed E-state index contributed by atoms with van der Waals surface area (Å²) in [6, 6.07) is 10.6. The highest BCUT2D eigenvalue weighted by molar-refractivity contribution is 5.91. The Bertz CT molecular complexity index is 674. The van der Waals surface area contributed by atoms with Crippen molar-refractivity contribution in [3.8, 4) is 17.2 Å². The van der Waals surface area contributed by atoms with E-state index in [4.69, 9.17) is 14.2 Å². The Morgan fingerprint density at radius 3 is 2.22 bits per heavy atom. The molecule has 0 aliphatic rings. The molecule has 2 rings (SSSR count). The van der Waals surface area contributed by atoms with Crippen molar-refractivity contribution in [2.45, 2.75) is 13.8 Å². The van der Waals surface area contributed by atoms with Gasteiger partial charge in [-0.25, -0.2) is 4.79 Å². The molecule has 5 heteroatoms. The Labute approximate surface area is 135 Å². The van der Waals surface area contributed by atoms with Crippen LogP contribution in [0.4, 0.5) is 0 Å². The van der Waals surface area contributed by atoms with Crippen molar-refractivity contribution in [2.75, 3.05) is 20.3 Å². The zero-order valence-corrected chi connectivity index (χ0v) is 13.5. The average Bonchev–Trinajstić information content (AvgIpc) is 2.50. The Balaban J connectivity index is 1.96. The van der Waals surface area contributed by atoms with Crippen LogP contribution in [-0.2, 0) is 0 Å². The number of aryl methyl sites for hydroxylation is 2. The quantitative estimate of drug-likeness (QED) is 0.792. The van der Waals surface area contributed by atoms with Gasteiger partial charge in [-0.3, -0.25) is 0 Å². The van der Waals surface area contributed by atoms with E-state index in [1.54, 1.807) is 12.1 Å². The summed E-state index contributed by atoms with van der Waals surface area (Å²) in [5.41, 5.74) is 2.35. The minimum Gasteiger partial charge on any atom is -0.497 e. The Morgan fingerprint density at radius 2 is 1.61 bits per heavy atom. The van der Waals surface area contributed by atoms with Crippen LogP contribution in [0.3, 0.4) is 0 Å². The fourth-order valence-corrected chi connectivity index (χ4v) is 2.25. The molecule has 1 N–H and O–H groups in total. The van der Waals surface area contributed by atoms with Gasteiger partial charge in [0.2, 0.25) is 0 Å². The summed E-state index contributed by atoms with van der Waals surface area (Å²) in [5, 5.41) is 9.17. The number of hydrogen-bond donors (Lipinski definition) is 1. The van der Waals surface area contributed by atoms with Gasteiger partial charge in [0.05, 0.1) is 7.11 Å². The summed E-state index contributed by atoms with van der Waals surface area (Å²) in [7, 11) is 1.52. The van der Waals surface area contributed by atoms with Gasteiger partial charge < -0.3 is 19.3 Å². The molecule has 0 unspecified atom stereocenters. The van der Waals surface area contributed by atoms with Gasteiger partial charge >= 0.3 is 5.97 Å². The molecule has 0 heterocycles. The van der Waals surface area contributed by atoms with Crippen molar-refractivity contribution in [1.29, 1.82) is 0 Å². The molecule has 5 nitrogen and oxygen atoms in total. The molecule has 23 heavy (non-hydrogen) atoms. The highest BCUT2D eigenvalue weighted by atomic mass is 16.5. The van der Waals surface area contributed by atoms with E-state index in [1.165, 1.54) is 13.2 Å². The van der Waals surface area contributed by atoms with Crippen molar-refractivity contribution in [2.24, 2.45) is 0 Å². The van der Waals surface area contributed by atoms with Crippen LogP contribution in [-0.4, -0.2) is 31.4 Å². The van der Waals surface area contributed by atoms with E-state index >= 15 is 0 Å². The minimum absolute atomic E-state index is 0.0946. The second kappa shape index (κ2) is 7.54. The van der Waals surface area contributed by atoms with Crippen LogP contribution >= 0.6 is 0 Å². The van der Waals surface area contributed by atoms with Crippen molar-refractivity contribution >= 4 is 5.97 Å². The highest BCUT2D eigenvalue weighted by Gasteiger charge is 2.12. The molecule has 0 aliphatic carbocycles.